The number of anilines is 1. The Morgan fingerprint density at radius 2 is 1.41 bits per heavy atom. The van der Waals surface area contributed by atoms with Gasteiger partial charge >= 0.3 is 0 Å². The average Bonchev–Trinajstić information content (AvgIpc) is 2.62. The van der Waals surface area contributed by atoms with Crippen LogP contribution in [0.25, 0.3) is 0 Å². The molecule has 0 amide bonds. The first-order chi connectivity index (χ1) is 12.8. The monoisotopic (exact) mass is 443 g/mol. The van der Waals surface area contributed by atoms with Crippen molar-refractivity contribution in [1.29, 1.82) is 0 Å². The van der Waals surface area contributed by atoms with Crippen molar-refractivity contribution >= 4 is 31.6 Å². The van der Waals surface area contributed by atoms with Crippen molar-refractivity contribution < 1.29 is 8.42 Å². The van der Waals surface area contributed by atoms with Gasteiger partial charge in [0.2, 0.25) is 0 Å². The van der Waals surface area contributed by atoms with Gasteiger partial charge in [0.05, 0.1) is 17.1 Å². The molecule has 0 aliphatic rings. The Labute approximate surface area is 169 Å². The van der Waals surface area contributed by atoms with Crippen molar-refractivity contribution in [3.63, 3.8) is 0 Å². The van der Waals surface area contributed by atoms with Crippen LogP contribution in [0.5, 0.6) is 0 Å². The molecule has 0 unspecified atom stereocenters. The minimum atomic E-state index is -3.69. The molecule has 0 heterocycles. The summed E-state index contributed by atoms with van der Waals surface area (Å²) < 4.78 is 29.4. The van der Waals surface area contributed by atoms with Crippen LogP contribution < -0.4 is 4.31 Å². The van der Waals surface area contributed by atoms with Crippen LogP contribution in [-0.2, 0) is 16.6 Å². The lowest BCUT2D eigenvalue weighted by Gasteiger charge is -2.26. The van der Waals surface area contributed by atoms with E-state index in [0.717, 1.165) is 26.7 Å². The lowest BCUT2D eigenvalue weighted by atomic mass is 10.1. The molecule has 0 saturated heterocycles. The normalized spacial score (nSPS) is 11.4. The molecule has 0 spiro atoms. The van der Waals surface area contributed by atoms with Crippen molar-refractivity contribution in [3.05, 3.63) is 93.5 Å². The highest BCUT2D eigenvalue weighted by Gasteiger charge is 2.26. The Morgan fingerprint density at radius 1 is 0.815 bits per heavy atom. The maximum Gasteiger partial charge on any atom is 0.264 e. The fraction of sp³-hybridized carbons (Fsp3) is 0.182. The standard InChI is InChI=1S/C22H22BrNO2S/c1-16-4-11-21(12-5-16)27(25,26)24(15-19-7-9-20(23)10-8-19)22-13-6-17(2)14-18(22)3/h4-14H,15H2,1-3H3. The van der Waals surface area contributed by atoms with Crippen molar-refractivity contribution in [3.8, 4) is 0 Å². The summed E-state index contributed by atoms with van der Waals surface area (Å²) in [5, 5.41) is 0. The van der Waals surface area contributed by atoms with E-state index >= 15 is 0 Å². The molecule has 140 valence electrons. The van der Waals surface area contributed by atoms with Crippen LogP contribution in [0.1, 0.15) is 22.3 Å². The van der Waals surface area contributed by atoms with Crippen LogP contribution in [0.15, 0.2) is 76.1 Å². The van der Waals surface area contributed by atoms with Gasteiger partial charge in [0.15, 0.2) is 0 Å². The fourth-order valence-electron chi connectivity index (χ4n) is 2.98. The van der Waals surface area contributed by atoms with Gasteiger partial charge in [-0.25, -0.2) is 8.42 Å². The van der Waals surface area contributed by atoms with Gasteiger partial charge in [-0.05, 0) is 62.2 Å². The zero-order chi connectivity index (χ0) is 19.6. The van der Waals surface area contributed by atoms with Gasteiger partial charge in [-0.2, -0.15) is 0 Å². The summed E-state index contributed by atoms with van der Waals surface area (Å²) in [6, 6.07) is 20.6. The molecular weight excluding hydrogens is 422 g/mol. The van der Waals surface area contributed by atoms with E-state index in [1.165, 1.54) is 4.31 Å². The Morgan fingerprint density at radius 3 is 2.00 bits per heavy atom. The maximum atomic E-state index is 13.5. The molecule has 5 heteroatoms. The second-order valence-corrected chi connectivity index (χ2v) is 9.52. The number of hydrogen-bond donors (Lipinski definition) is 0. The van der Waals surface area contributed by atoms with Crippen LogP contribution in [0.4, 0.5) is 5.69 Å². The highest BCUT2D eigenvalue weighted by atomic mass is 79.9. The van der Waals surface area contributed by atoms with E-state index in [-0.39, 0.29) is 6.54 Å². The number of nitrogens with zero attached hydrogens (tertiary/aromatic N) is 1. The average molecular weight is 444 g/mol. The van der Waals surface area contributed by atoms with E-state index < -0.39 is 10.0 Å². The Balaban J connectivity index is 2.11. The van der Waals surface area contributed by atoms with Gasteiger partial charge in [0.25, 0.3) is 10.0 Å². The topological polar surface area (TPSA) is 37.4 Å². The van der Waals surface area contributed by atoms with E-state index in [0.29, 0.717) is 10.6 Å². The van der Waals surface area contributed by atoms with Crippen molar-refractivity contribution in [1.82, 2.24) is 0 Å². The predicted octanol–water partition coefficient (Wildman–Crippen LogP) is 5.77. The third kappa shape index (κ3) is 4.42. The lowest BCUT2D eigenvalue weighted by molar-refractivity contribution is 0.590. The first-order valence-corrected chi connectivity index (χ1v) is 10.9. The van der Waals surface area contributed by atoms with E-state index in [2.05, 4.69) is 15.9 Å². The minimum Gasteiger partial charge on any atom is -0.262 e. The van der Waals surface area contributed by atoms with E-state index in [9.17, 15) is 8.42 Å². The summed E-state index contributed by atoms with van der Waals surface area (Å²) in [6.07, 6.45) is 0. The van der Waals surface area contributed by atoms with Gasteiger partial charge in [-0.1, -0.05) is 63.5 Å². The van der Waals surface area contributed by atoms with Crippen LogP contribution in [0, 0.1) is 20.8 Å². The lowest BCUT2D eigenvalue weighted by Crippen LogP contribution is -2.31. The van der Waals surface area contributed by atoms with Crippen molar-refractivity contribution in [2.45, 2.75) is 32.2 Å². The van der Waals surface area contributed by atoms with Gasteiger partial charge in [-0.15, -0.1) is 0 Å². The number of hydrogen-bond acceptors (Lipinski definition) is 2. The highest BCUT2D eigenvalue weighted by Crippen LogP contribution is 2.30. The van der Waals surface area contributed by atoms with E-state index in [1.54, 1.807) is 12.1 Å². The number of aryl methyl sites for hydroxylation is 3. The number of sulfonamides is 1. The molecule has 0 radical (unpaired) electrons. The molecular formula is C22H22BrNO2S. The molecule has 0 aromatic heterocycles. The Bertz CT molecular complexity index is 1040. The van der Waals surface area contributed by atoms with Crippen molar-refractivity contribution in [2.75, 3.05) is 4.31 Å². The summed E-state index contributed by atoms with van der Waals surface area (Å²) in [4.78, 5) is 0.296. The molecule has 0 N–H and O–H groups in total. The smallest absolute Gasteiger partial charge is 0.262 e. The van der Waals surface area contributed by atoms with E-state index in [1.807, 2.05) is 75.4 Å². The third-order valence-corrected chi connectivity index (χ3v) is 6.77. The first-order valence-electron chi connectivity index (χ1n) is 8.68. The molecule has 0 aliphatic heterocycles. The summed E-state index contributed by atoms with van der Waals surface area (Å²) in [5.41, 5.74) is 4.69. The van der Waals surface area contributed by atoms with Crippen LogP contribution in [0.3, 0.4) is 0 Å². The molecule has 3 nitrogen and oxygen atoms in total. The number of benzene rings is 3. The van der Waals surface area contributed by atoms with Gasteiger partial charge < -0.3 is 0 Å². The SMILES string of the molecule is Cc1ccc(S(=O)(=O)N(Cc2ccc(Br)cc2)c2ccc(C)cc2C)cc1. The predicted molar refractivity (Wildman–Crippen MR) is 115 cm³/mol. The molecule has 3 aromatic rings. The zero-order valence-electron chi connectivity index (χ0n) is 15.6. The number of halogens is 1. The second-order valence-electron chi connectivity index (χ2n) is 6.74. The summed E-state index contributed by atoms with van der Waals surface area (Å²) in [6.45, 7) is 6.17. The molecule has 27 heavy (non-hydrogen) atoms. The molecule has 0 atom stereocenters. The largest absolute Gasteiger partial charge is 0.264 e. The fourth-order valence-corrected chi connectivity index (χ4v) is 4.76. The molecule has 0 saturated carbocycles. The Kier molecular flexibility index (Phi) is 5.72. The molecule has 3 aromatic carbocycles. The first kappa shape index (κ1) is 19.6. The molecule has 0 aliphatic carbocycles. The summed E-state index contributed by atoms with van der Waals surface area (Å²) in [5.74, 6) is 0. The van der Waals surface area contributed by atoms with Gasteiger partial charge in [0, 0.05) is 4.47 Å². The summed E-state index contributed by atoms with van der Waals surface area (Å²) >= 11 is 3.43. The highest BCUT2D eigenvalue weighted by molar-refractivity contribution is 9.10. The van der Waals surface area contributed by atoms with Gasteiger partial charge in [0.1, 0.15) is 0 Å². The molecule has 0 fully saturated rings. The molecule has 3 rings (SSSR count). The van der Waals surface area contributed by atoms with Crippen LogP contribution in [-0.4, -0.2) is 8.42 Å². The quantitative estimate of drug-likeness (QED) is 0.501. The molecule has 0 bridgehead atoms. The van der Waals surface area contributed by atoms with Crippen molar-refractivity contribution in [2.24, 2.45) is 0 Å². The second kappa shape index (κ2) is 7.87. The maximum absolute atomic E-state index is 13.5. The van der Waals surface area contributed by atoms with Crippen LogP contribution in [0.2, 0.25) is 0 Å². The zero-order valence-corrected chi connectivity index (χ0v) is 18.0. The minimum absolute atomic E-state index is 0.271. The van der Waals surface area contributed by atoms with Crippen LogP contribution >= 0.6 is 15.9 Å². The summed E-state index contributed by atoms with van der Waals surface area (Å²) in [7, 11) is -3.69. The number of rotatable bonds is 5. The Hall–Kier alpha value is -2.11. The third-order valence-electron chi connectivity index (χ3n) is 4.47. The van der Waals surface area contributed by atoms with Gasteiger partial charge in [-0.3, -0.25) is 4.31 Å². The van der Waals surface area contributed by atoms with E-state index in [4.69, 9.17) is 0 Å².